The molecule has 5 nitrogen and oxygen atoms in total. The fourth-order valence-electron chi connectivity index (χ4n) is 3.97. The Morgan fingerprint density at radius 2 is 1.79 bits per heavy atom. The van der Waals surface area contributed by atoms with Gasteiger partial charge in [0.2, 0.25) is 0 Å². The fraction of sp³-hybridized carbons (Fsp3) is 0.364. The van der Waals surface area contributed by atoms with Crippen LogP contribution in [0.25, 0.3) is 5.65 Å². The van der Waals surface area contributed by atoms with Crippen LogP contribution < -0.4 is 10.6 Å². The number of benzene rings is 1. The van der Waals surface area contributed by atoms with Gasteiger partial charge in [-0.1, -0.05) is 23.7 Å². The molecule has 0 bridgehead atoms. The highest BCUT2D eigenvalue weighted by Gasteiger charge is 2.34. The summed E-state index contributed by atoms with van der Waals surface area (Å²) in [6.45, 7) is 0. The molecular formula is C22H20ClF5N4O. The Morgan fingerprint density at radius 1 is 1.09 bits per heavy atom. The van der Waals surface area contributed by atoms with Crippen LogP contribution in [0.1, 0.15) is 53.7 Å². The van der Waals surface area contributed by atoms with Crippen molar-refractivity contribution in [2.75, 3.05) is 5.32 Å². The Balaban J connectivity index is 1.36. The van der Waals surface area contributed by atoms with E-state index in [-0.39, 0.29) is 33.9 Å². The average Bonchev–Trinajstić information content (AvgIpc) is 3.21. The molecule has 0 atom stereocenters. The number of carbonyl (C=O) groups excluding carboxylic acids is 1. The molecule has 1 fully saturated rings. The summed E-state index contributed by atoms with van der Waals surface area (Å²) in [5.41, 5.74) is -0.876. The normalized spacial score (nSPS) is 19.1. The molecule has 0 saturated heterocycles. The van der Waals surface area contributed by atoms with E-state index in [9.17, 15) is 26.7 Å². The van der Waals surface area contributed by atoms with Crippen molar-refractivity contribution in [3.8, 4) is 0 Å². The topological polar surface area (TPSA) is 58.4 Å². The predicted molar refractivity (Wildman–Crippen MR) is 114 cm³/mol. The zero-order chi connectivity index (χ0) is 23.8. The number of hydrogen-bond acceptors (Lipinski definition) is 3. The molecule has 176 valence electrons. The quantitative estimate of drug-likeness (QED) is 0.429. The van der Waals surface area contributed by atoms with Gasteiger partial charge in [-0.15, -0.1) is 0 Å². The van der Waals surface area contributed by atoms with E-state index in [2.05, 4.69) is 15.6 Å². The van der Waals surface area contributed by atoms with Gasteiger partial charge in [-0.2, -0.15) is 13.2 Å². The second-order valence-electron chi connectivity index (χ2n) is 7.97. The molecule has 2 N–H and O–H groups in total. The predicted octanol–water partition coefficient (Wildman–Crippen LogP) is 6.10. The van der Waals surface area contributed by atoms with Crippen LogP contribution in [-0.4, -0.2) is 27.4 Å². The number of amides is 1. The van der Waals surface area contributed by atoms with Crippen LogP contribution in [0.5, 0.6) is 0 Å². The Kier molecular flexibility index (Phi) is 6.47. The van der Waals surface area contributed by atoms with Gasteiger partial charge < -0.3 is 10.6 Å². The summed E-state index contributed by atoms with van der Waals surface area (Å²) >= 11 is 6.00. The molecule has 2 aromatic heterocycles. The Morgan fingerprint density at radius 3 is 2.42 bits per heavy atom. The van der Waals surface area contributed by atoms with Gasteiger partial charge in [0.25, 0.3) is 12.3 Å². The van der Waals surface area contributed by atoms with Crippen molar-refractivity contribution in [3.05, 3.63) is 64.4 Å². The number of hydrogen-bond donors (Lipinski definition) is 2. The first-order chi connectivity index (χ1) is 15.6. The van der Waals surface area contributed by atoms with E-state index in [1.807, 2.05) is 0 Å². The maximum absolute atomic E-state index is 13.0. The number of nitrogens with zero attached hydrogens (tertiary/aromatic N) is 2. The molecule has 0 radical (unpaired) electrons. The van der Waals surface area contributed by atoms with Crippen LogP contribution in [0.4, 0.5) is 27.8 Å². The minimum absolute atomic E-state index is 0.00871. The minimum Gasteiger partial charge on any atom is -0.368 e. The Hall–Kier alpha value is -2.88. The standard InChI is InChI=1S/C22H20ClF5N4O/c23-16-10-12(20(24)25)4-9-15(16)21(33)30-14-7-5-13(6-8-14)29-18-2-1-3-19-31-17(11-32(18)19)22(26,27)28/h1-4,9-11,13-14,20,29H,5-8H2,(H,30,33)/t13-,14+. The monoisotopic (exact) mass is 486 g/mol. The third kappa shape index (κ3) is 5.21. The summed E-state index contributed by atoms with van der Waals surface area (Å²) < 4.78 is 65.9. The van der Waals surface area contributed by atoms with E-state index >= 15 is 0 Å². The van der Waals surface area contributed by atoms with Crippen LogP contribution in [-0.2, 0) is 6.18 Å². The van der Waals surface area contributed by atoms with E-state index in [1.54, 1.807) is 12.1 Å². The molecule has 1 aliphatic carbocycles. The number of alkyl halides is 5. The van der Waals surface area contributed by atoms with Crippen LogP contribution in [0, 0.1) is 0 Å². The maximum atomic E-state index is 13.0. The average molecular weight is 487 g/mol. The van der Waals surface area contributed by atoms with Crippen molar-refractivity contribution in [1.82, 2.24) is 14.7 Å². The molecule has 1 aromatic carbocycles. The van der Waals surface area contributed by atoms with Crippen LogP contribution >= 0.6 is 11.6 Å². The second-order valence-corrected chi connectivity index (χ2v) is 8.38. The first-order valence-electron chi connectivity index (χ1n) is 10.3. The van der Waals surface area contributed by atoms with Crippen molar-refractivity contribution in [2.24, 2.45) is 0 Å². The first kappa shape index (κ1) is 23.3. The van der Waals surface area contributed by atoms with Crippen molar-refractivity contribution >= 4 is 29.0 Å². The lowest BCUT2D eigenvalue weighted by molar-refractivity contribution is -0.140. The lowest BCUT2D eigenvalue weighted by Gasteiger charge is -2.30. The molecule has 1 amide bonds. The summed E-state index contributed by atoms with van der Waals surface area (Å²) in [6.07, 6.45) is -3.58. The third-order valence-corrected chi connectivity index (χ3v) is 6.00. The number of rotatable bonds is 5. The fourth-order valence-corrected chi connectivity index (χ4v) is 4.25. The molecule has 0 aliphatic heterocycles. The van der Waals surface area contributed by atoms with Crippen molar-refractivity contribution in [2.45, 2.75) is 50.4 Å². The van der Waals surface area contributed by atoms with E-state index in [0.717, 1.165) is 12.3 Å². The maximum Gasteiger partial charge on any atom is 0.434 e. The number of aromatic nitrogens is 2. The SMILES string of the molecule is O=C(N[C@H]1CC[C@@H](Nc2cccc3nc(C(F)(F)F)cn23)CC1)c1ccc(C(F)F)cc1Cl. The highest BCUT2D eigenvalue weighted by molar-refractivity contribution is 6.33. The van der Waals surface area contributed by atoms with Gasteiger partial charge in [-0.25, -0.2) is 13.8 Å². The van der Waals surface area contributed by atoms with Crippen molar-refractivity contribution in [1.29, 1.82) is 0 Å². The van der Waals surface area contributed by atoms with Gasteiger partial charge in [-0.3, -0.25) is 9.20 Å². The summed E-state index contributed by atoms with van der Waals surface area (Å²) in [6, 6.07) is 8.26. The Bertz CT molecular complexity index is 1160. The number of pyridine rings is 1. The summed E-state index contributed by atoms with van der Waals surface area (Å²) in [7, 11) is 0. The van der Waals surface area contributed by atoms with Gasteiger partial charge in [0, 0.05) is 23.8 Å². The van der Waals surface area contributed by atoms with Gasteiger partial charge in [0.15, 0.2) is 5.69 Å². The molecule has 1 aliphatic rings. The molecule has 1 saturated carbocycles. The molecule has 0 unspecified atom stereocenters. The van der Waals surface area contributed by atoms with Crippen LogP contribution in [0.2, 0.25) is 5.02 Å². The third-order valence-electron chi connectivity index (χ3n) is 5.69. The van der Waals surface area contributed by atoms with Crippen LogP contribution in [0.15, 0.2) is 42.6 Å². The van der Waals surface area contributed by atoms with Gasteiger partial charge in [0.05, 0.1) is 10.6 Å². The van der Waals surface area contributed by atoms with E-state index in [4.69, 9.17) is 11.6 Å². The lowest BCUT2D eigenvalue weighted by Crippen LogP contribution is -2.40. The van der Waals surface area contributed by atoms with Crippen molar-refractivity contribution < 1.29 is 26.7 Å². The highest BCUT2D eigenvalue weighted by atomic mass is 35.5. The largest absolute Gasteiger partial charge is 0.434 e. The zero-order valence-electron chi connectivity index (χ0n) is 17.2. The smallest absolute Gasteiger partial charge is 0.368 e. The Labute approximate surface area is 190 Å². The molecule has 11 heteroatoms. The molecule has 3 aromatic rings. The van der Waals surface area contributed by atoms with Gasteiger partial charge >= 0.3 is 6.18 Å². The van der Waals surface area contributed by atoms with Crippen LogP contribution in [0.3, 0.4) is 0 Å². The number of imidazole rings is 1. The molecule has 33 heavy (non-hydrogen) atoms. The first-order valence-corrected chi connectivity index (χ1v) is 10.7. The van der Waals surface area contributed by atoms with Crippen molar-refractivity contribution in [3.63, 3.8) is 0 Å². The number of halogens is 6. The van der Waals surface area contributed by atoms with E-state index in [0.29, 0.717) is 31.5 Å². The zero-order valence-corrected chi connectivity index (χ0v) is 17.9. The lowest BCUT2D eigenvalue weighted by atomic mass is 9.91. The van der Waals surface area contributed by atoms with Gasteiger partial charge in [0.1, 0.15) is 11.5 Å². The summed E-state index contributed by atoms with van der Waals surface area (Å²) in [4.78, 5) is 16.1. The number of fused-ring (bicyclic) bond motifs is 1. The molecule has 0 spiro atoms. The molecule has 2 heterocycles. The second kappa shape index (κ2) is 9.17. The van der Waals surface area contributed by atoms with E-state index < -0.39 is 24.2 Å². The highest BCUT2D eigenvalue weighted by Crippen LogP contribution is 2.30. The summed E-state index contributed by atoms with van der Waals surface area (Å²) in [5, 5.41) is 6.12. The summed E-state index contributed by atoms with van der Waals surface area (Å²) in [5.74, 6) is 0.0778. The molecular weight excluding hydrogens is 467 g/mol. The van der Waals surface area contributed by atoms with E-state index in [1.165, 1.54) is 22.6 Å². The number of nitrogens with one attached hydrogen (secondary N) is 2. The minimum atomic E-state index is -4.53. The van der Waals surface area contributed by atoms with Gasteiger partial charge in [-0.05, 0) is 49.9 Å². The number of carbonyl (C=O) groups is 1. The molecule has 4 rings (SSSR count). The number of anilines is 1.